The van der Waals surface area contributed by atoms with Gasteiger partial charge in [-0.1, -0.05) is 12.8 Å². The molecule has 5 atom stereocenters. The van der Waals surface area contributed by atoms with Crippen LogP contribution in [0.3, 0.4) is 0 Å². The van der Waals surface area contributed by atoms with Crippen molar-refractivity contribution in [3.8, 4) is 0 Å². The zero-order valence-electron chi connectivity index (χ0n) is 8.63. The van der Waals surface area contributed by atoms with Gasteiger partial charge in [0.25, 0.3) is 0 Å². The van der Waals surface area contributed by atoms with Gasteiger partial charge in [0.1, 0.15) is 0 Å². The summed E-state index contributed by atoms with van der Waals surface area (Å²) in [5.41, 5.74) is 6.02. The van der Waals surface area contributed by atoms with E-state index in [4.69, 9.17) is 5.73 Å². The van der Waals surface area contributed by atoms with Crippen LogP contribution in [0.5, 0.6) is 0 Å². The molecule has 1 nitrogen and oxygen atoms in total. The van der Waals surface area contributed by atoms with Crippen molar-refractivity contribution in [2.75, 3.05) is 0 Å². The fourth-order valence-electron chi connectivity index (χ4n) is 3.34. The Morgan fingerprint density at radius 3 is 2.85 bits per heavy atom. The first kappa shape index (κ1) is 9.93. The molecule has 0 radical (unpaired) electrons. The summed E-state index contributed by atoms with van der Waals surface area (Å²) in [6.07, 6.45) is 8.51. The van der Waals surface area contributed by atoms with E-state index in [0.29, 0.717) is 11.2 Å². The molecule has 2 heteroatoms. The quantitative estimate of drug-likeness (QED) is 0.645. The molecule has 0 amide bonds. The van der Waals surface area contributed by atoms with Crippen LogP contribution in [0.2, 0.25) is 0 Å². The summed E-state index contributed by atoms with van der Waals surface area (Å²) in [5.74, 6) is 1.77. The van der Waals surface area contributed by atoms with Crippen molar-refractivity contribution in [3.05, 3.63) is 0 Å². The van der Waals surface area contributed by atoms with E-state index in [2.05, 4.69) is 16.2 Å². The molecule has 4 unspecified atom stereocenters. The van der Waals surface area contributed by atoms with Crippen LogP contribution >= 0.6 is 9.24 Å². The summed E-state index contributed by atoms with van der Waals surface area (Å²) >= 11 is 0. The van der Waals surface area contributed by atoms with Gasteiger partial charge in [0.2, 0.25) is 0 Å². The van der Waals surface area contributed by atoms with E-state index < -0.39 is 0 Å². The minimum atomic E-state index is 0.404. The smallest absolute Gasteiger partial charge is 0.00391 e. The summed E-state index contributed by atoms with van der Waals surface area (Å²) in [5, 5.41) is 0.569. The molecule has 0 saturated heterocycles. The number of fused-ring (bicyclic) bond motifs is 2. The van der Waals surface area contributed by atoms with Crippen molar-refractivity contribution in [2.24, 2.45) is 17.6 Å². The Morgan fingerprint density at radius 2 is 2.23 bits per heavy atom. The van der Waals surface area contributed by atoms with Gasteiger partial charge in [0.05, 0.1) is 0 Å². The van der Waals surface area contributed by atoms with Crippen LogP contribution in [-0.4, -0.2) is 11.2 Å². The lowest BCUT2D eigenvalue weighted by atomic mass is 9.66. The highest BCUT2D eigenvalue weighted by molar-refractivity contribution is 7.19. The van der Waals surface area contributed by atoms with Gasteiger partial charge < -0.3 is 5.73 Å². The zero-order chi connectivity index (χ0) is 9.47. The Labute approximate surface area is 84.0 Å². The normalized spacial score (nSPS) is 47.3. The van der Waals surface area contributed by atoms with Crippen LogP contribution in [0.4, 0.5) is 0 Å². The third-order valence-electron chi connectivity index (χ3n) is 4.03. The maximum atomic E-state index is 6.02. The highest BCUT2D eigenvalue weighted by Gasteiger charge is 2.40. The maximum Gasteiger partial charge on any atom is 0.00391 e. The molecule has 0 aromatic rings. The Morgan fingerprint density at radius 1 is 1.46 bits per heavy atom. The molecule has 13 heavy (non-hydrogen) atoms. The third-order valence-corrected chi connectivity index (χ3v) is 4.79. The zero-order valence-corrected chi connectivity index (χ0v) is 9.78. The molecular formula is C11H22NP. The first-order chi connectivity index (χ1) is 6.09. The molecule has 0 aliphatic heterocycles. The molecule has 2 aliphatic carbocycles. The van der Waals surface area contributed by atoms with Gasteiger partial charge in [-0.25, -0.2) is 0 Å². The second kappa shape index (κ2) is 3.51. The lowest BCUT2D eigenvalue weighted by molar-refractivity contribution is 0.147. The fraction of sp³-hybridized carbons (Fsp3) is 1.00. The van der Waals surface area contributed by atoms with Crippen LogP contribution in [0, 0.1) is 11.8 Å². The van der Waals surface area contributed by atoms with Crippen molar-refractivity contribution in [1.82, 2.24) is 0 Å². The van der Waals surface area contributed by atoms with Gasteiger partial charge in [0, 0.05) is 6.04 Å². The van der Waals surface area contributed by atoms with Gasteiger partial charge in [-0.05, 0) is 49.6 Å². The van der Waals surface area contributed by atoms with Crippen molar-refractivity contribution < 1.29 is 0 Å². The first-order valence-electron chi connectivity index (χ1n) is 5.63. The second-order valence-corrected chi connectivity index (χ2v) is 6.61. The number of nitrogens with two attached hydrogens (primary N) is 1. The average molecular weight is 199 g/mol. The predicted octanol–water partition coefficient (Wildman–Crippen LogP) is 2.55. The van der Waals surface area contributed by atoms with E-state index in [1.165, 1.54) is 38.5 Å². The lowest BCUT2D eigenvalue weighted by Crippen LogP contribution is -2.42. The molecular weight excluding hydrogens is 177 g/mol. The van der Waals surface area contributed by atoms with E-state index >= 15 is 0 Å². The van der Waals surface area contributed by atoms with E-state index in [0.717, 1.165) is 11.8 Å². The van der Waals surface area contributed by atoms with Crippen molar-refractivity contribution >= 4 is 9.24 Å². The maximum absolute atomic E-state index is 6.02. The van der Waals surface area contributed by atoms with Gasteiger partial charge in [-0.3, -0.25) is 0 Å². The summed E-state index contributed by atoms with van der Waals surface area (Å²) in [6, 6.07) is 0.404. The molecule has 2 N–H and O–H groups in total. The average Bonchev–Trinajstić information content (AvgIpc) is 2.01. The van der Waals surface area contributed by atoms with Crippen LogP contribution in [-0.2, 0) is 0 Å². The van der Waals surface area contributed by atoms with Crippen molar-refractivity contribution in [1.29, 1.82) is 0 Å². The van der Waals surface area contributed by atoms with Crippen LogP contribution < -0.4 is 5.73 Å². The molecule has 0 spiro atoms. The van der Waals surface area contributed by atoms with Crippen LogP contribution in [0.25, 0.3) is 0 Å². The van der Waals surface area contributed by atoms with Gasteiger partial charge in [0.15, 0.2) is 0 Å². The van der Waals surface area contributed by atoms with Crippen LogP contribution in [0.15, 0.2) is 0 Å². The molecule has 2 rings (SSSR count). The molecule has 2 fully saturated rings. The largest absolute Gasteiger partial charge is 0.328 e. The Bertz CT molecular complexity index is 193. The number of hydrogen-bond acceptors (Lipinski definition) is 1. The van der Waals surface area contributed by atoms with E-state index in [9.17, 15) is 0 Å². The van der Waals surface area contributed by atoms with E-state index in [-0.39, 0.29) is 0 Å². The fourth-order valence-corrected chi connectivity index (χ4v) is 4.18. The Hall–Kier alpha value is 0.390. The third kappa shape index (κ3) is 2.07. The lowest BCUT2D eigenvalue weighted by Gasteiger charge is -2.47. The summed E-state index contributed by atoms with van der Waals surface area (Å²) in [7, 11) is 3.13. The minimum absolute atomic E-state index is 0.404. The van der Waals surface area contributed by atoms with Crippen molar-refractivity contribution in [2.45, 2.75) is 56.6 Å². The predicted molar refractivity (Wildman–Crippen MR) is 60.8 cm³/mol. The monoisotopic (exact) mass is 199 g/mol. The summed E-state index contributed by atoms with van der Waals surface area (Å²) in [6.45, 7) is 2.18. The van der Waals surface area contributed by atoms with Gasteiger partial charge in [-0.2, -0.15) is 0 Å². The molecule has 0 heterocycles. The summed E-state index contributed by atoms with van der Waals surface area (Å²) in [4.78, 5) is 0. The molecule has 2 saturated carbocycles. The Kier molecular flexibility index (Phi) is 2.68. The minimum Gasteiger partial charge on any atom is -0.328 e. The highest BCUT2D eigenvalue weighted by Crippen LogP contribution is 2.50. The molecule has 0 aromatic heterocycles. The molecule has 0 aromatic carbocycles. The first-order valence-corrected chi connectivity index (χ1v) is 6.21. The topological polar surface area (TPSA) is 26.0 Å². The van der Waals surface area contributed by atoms with Crippen LogP contribution in [0.1, 0.15) is 45.4 Å². The summed E-state index contributed by atoms with van der Waals surface area (Å²) < 4.78 is 0. The Balaban J connectivity index is 2.06. The number of rotatable bonds is 1. The number of hydrogen-bond donors (Lipinski definition) is 1. The second-order valence-electron chi connectivity index (χ2n) is 5.38. The van der Waals surface area contributed by atoms with E-state index in [1.807, 2.05) is 0 Å². The van der Waals surface area contributed by atoms with Gasteiger partial charge >= 0.3 is 0 Å². The van der Waals surface area contributed by atoms with E-state index in [1.54, 1.807) is 0 Å². The standard InChI is InChI=1S/C11H22NP/c1-8(12)10-5-9-3-2-4-11(13,6-9)7-10/h8-10H,2-7,12-13H2,1H3/t8-,9?,10?,11?/m0/s1. The van der Waals surface area contributed by atoms with Gasteiger partial charge in [-0.15, -0.1) is 9.24 Å². The SMILES string of the molecule is C[C@H](N)C1CC2CCCC(P)(C2)C1. The molecule has 2 bridgehead atoms. The highest BCUT2D eigenvalue weighted by atomic mass is 31.0. The van der Waals surface area contributed by atoms with Crippen molar-refractivity contribution in [3.63, 3.8) is 0 Å². The molecule has 76 valence electrons. The molecule has 2 aliphatic rings.